The maximum atomic E-state index is 13.3. The van der Waals surface area contributed by atoms with E-state index in [1.807, 2.05) is 0 Å². The Labute approximate surface area is 128 Å². The molecule has 0 unspecified atom stereocenters. The van der Waals surface area contributed by atoms with Crippen LogP contribution in [0.4, 0.5) is 4.39 Å². The Morgan fingerprint density at radius 1 is 1.10 bits per heavy atom. The van der Waals surface area contributed by atoms with Gasteiger partial charge >= 0.3 is 5.97 Å². The molecule has 6 heteroatoms. The predicted octanol–water partition coefficient (Wildman–Crippen LogP) is 3.22. The number of carbonyl (C=O) groups is 2. The number of rotatable bonds is 4. The van der Waals surface area contributed by atoms with Crippen LogP contribution in [0.5, 0.6) is 0 Å². The first kappa shape index (κ1) is 15.2. The highest BCUT2D eigenvalue weighted by atomic mass is 79.9. The fourth-order valence-electron chi connectivity index (χ4n) is 1.69. The first-order chi connectivity index (χ1) is 9.97. The first-order valence-corrected chi connectivity index (χ1v) is 6.82. The Bertz CT molecular complexity index is 686. The topological polar surface area (TPSA) is 66.4 Å². The lowest BCUT2D eigenvalue weighted by Crippen LogP contribution is -2.22. The summed E-state index contributed by atoms with van der Waals surface area (Å²) in [6.07, 6.45) is 0. The van der Waals surface area contributed by atoms with Gasteiger partial charge < -0.3 is 10.4 Å². The lowest BCUT2D eigenvalue weighted by molar-refractivity contribution is 0.0696. The minimum absolute atomic E-state index is 0.181. The highest BCUT2D eigenvalue weighted by molar-refractivity contribution is 9.10. The Balaban J connectivity index is 2.00. The number of hydrogen-bond acceptors (Lipinski definition) is 2. The minimum atomic E-state index is -1.00. The molecule has 2 N–H and O–H groups in total. The molecule has 0 aromatic heterocycles. The van der Waals surface area contributed by atoms with E-state index in [1.54, 1.807) is 12.1 Å². The highest BCUT2D eigenvalue weighted by Crippen LogP contribution is 2.16. The summed E-state index contributed by atoms with van der Waals surface area (Å²) < 4.78 is 13.6. The zero-order valence-corrected chi connectivity index (χ0v) is 12.4. The molecule has 108 valence electrons. The summed E-state index contributed by atoms with van der Waals surface area (Å²) >= 11 is 3.02. The van der Waals surface area contributed by atoms with E-state index in [-0.39, 0.29) is 17.7 Å². The van der Waals surface area contributed by atoms with Gasteiger partial charge in [0, 0.05) is 12.1 Å². The van der Waals surface area contributed by atoms with Gasteiger partial charge in [-0.25, -0.2) is 9.18 Å². The number of carbonyl (C=O) groups excluding carboxylic acids is 1. The second kappa shape index (κ2) is 6.49. The molecule has 21 heavy (non-hydrogen) atoms. The van der Waals surface area contributed by atoms with Gasteiger partial charge in [-0.05, 0) is 51.8 Å². The molecule has 2 aromatic rings. The summed E-state index contributed by atoms with van der Waals surface area (Å²) in [4.78, 5) is 22.6. The van der Waals surface area contributed by atoms with E-state index in [1.165, 1.54) is 24.3 Å². The fraction of sp³-hybridized carbons (Fsp3) is 0.0667. The molecular weight excluding hydrogens is 341 g/mol. The van der Waals surface area contributed by atoms with Gasteiger partial charge in [0.2, 0.25) is 0 Å². The van der Waals surface area contributed by atoms with E-state index in [0.29, 0.717) is 4.47 Å². The van der Waals surface area contributed by atoms with Crippen molar-refractivity contribution in [2.24, 2.45) is 0 Å². The highest BCUT2D eigenvalue weighted by Gasteiger charge is 2.08. The van der Waals surface area contributed by atoms with Crippen LogP contribution in [0.15, 0.2) is 46.9 Å². The Morgan fingerprint density at radius 3 is 2.29 bits per heavy atom. The maximum Gasteiger partial charge on any atom is 0.335 e. The lowest BCUT2D eigenvalue weighted by atomic mass is 10.1. The van der Waals surface area contributed by atoms with Crippen LogP contribution < -0.4 is 5.32 Å². The molecule has 2 rings (SSSR count). The third-order valence-electron chi connectivity index (χ3n) is 2.84. The Morgan fingerprint density at radius 2 is 1.71 bits per heavy atom. The molecule has 0 aliphatic carbocycles. The van der Waals surface area contributed by atoms with Crippen LogP contribution in [-0.4, -0.2) is 17.0 Å². The molecule has 0 fully saturated rings. The van der Waals surface area contributed by atoms with E-state index in [4.69, 9.17) is 5.11 Å². The van der Waals surface area contributed by atoms with Gasteiger partial charge in [-0.1, -0.05) is 12.1 Å². The summed E-state index contributed by atoms with van der Waals surface area (Å²) in [5.74, 6) is -1.91. The van der Waals surface area contributed by atoms with Crippen molar-refractivity contribution in [2.45, 2.75) is 6.54 Å². The summed E-state index contributed by atoms with van der Waals surface area (Å²) in [6.45, 7) is 0.233. The van der Waals surface area contributed by atoms with Crippen molar-refractivity contribution >= 4 is 27.8 Å². The summed E-state index contributed by atoms with van der Waals surface area (Å²) in [7, 11) is 0. The van der Waals surface area contributed by atoms with Gasteiger partial charge in [-0.3, -0.25) is 4.79 Å². The van der Waals surface area contributed by atoms with Crippen LogP contribution >= 0.6 is 15.9 Å². The number of hydrogen-bond donors (Lipinski definition) is 2. The third-order valence-corrected chi connectivity index (χ3v) is 3.48. The molecule has 0 aliphatic heterocycles. The van der Waals surface area contributed by atoms with Gasteiger partial charge in [0.25, 0.3) is 5.91 Å². The Hall–Kier alpha value is -2.21. The first-order valence-electron chi connectivity index (χ1n) is 6.03. The zero-order valence-electron chi connectivity index (χ0n) is 10.8. The van der Waals surface area contributed by atoms with Crippen LogP contribution in [0.1, 0.15) is 26.3 Å². The van der Waals surface area contributed by atoms with Crippen molar-refractivity contribution in [1.29, 1.82) is 0 Å². The minimum Gasteiger partial charge on any atom is -0.478 e. The molecule has 0 bridgehead atoms. The summed E-state index contributed by atoms with van der Waals surface area (Å²) in [6, 6.07) is 10.3. The standard InChI is InChI=1S/C15H11BrFNO3/c16-12-6-5-11(7-13(12)17)14(19)18-8-9-1-3-10(4-2-9)15(20)21/h1-7H,8H2,(H,18,19)(H,20,21). The molecule has 0 aliphatic rings. The van der Waals surface area contributed by atoms with Crippen LogP contribution in [0.2, 0.25) is 0 Å². The molecule has 0 atom stereocenters. The van der Waals surface area contributed by atoms with Gasteiger partial charge in [0.15, 0.2) is 0 Å². The van der Waals surface area contributed by atoms with E-state index >= 15 is 0 Å². The van der Waals surface area contributed by atoms with Crippen LogP contribution in [0.3, 0.4) is 0 Å². The number of amides is 1. The molecule has 0 saturated carbocycles. The van der Waals surface area contributed by atoms with Gasteiger partial charge in [0.05, 0.1) is 10.0 Å². The SMILES string of the molecule is O=C(O)c1ccc(CNC(=O)c2ccc(Br)c(F)c2)cc1. The van der Waals surface area contributed by atoms with Gasteiger partial charge in [-0.2, -0.15) is 0 Å². The maximum absolute atomic E-state index is 13.3. The smallest absolute Gasteiger partial charge is 0.335 e. The molecule has 2 aromatic carbocycles. The number of aromatic carboxylic acids is 1. The second-order valence-electron chi connectivity index (χ2n) is 4.31. The zero-order chi connectivity index (χ0) is 15.4. The summed E-state index contributed by atoms with van der Waals surface area (Å²) in [5, 5.41) is 11.4. The second-order valence-corrected chi connectivity index (χ2v) is 5.17. The fourth-order valence-corrected chi connectivity index (χ4v) is 1.93. The van der Waals surface area contributed by atoms with E-state index < -0.39 is 17.7 Å². The molecule has 1 amide bonds. The van der Waals surface area contributed by atoms with Gasteiger partial charge in [-0.15, -0.1) is 0 Å². The quantitative estimate of drug-likeness (QED) is 0.888. The largest absolute Gasteiger partial charge is 0.478 e. The number of halogens is 2. The average Bonchev–Trinajstić information content (AvgIpc) is 2.48. The van der Waals surface area contributed by atoms with E-state index in [0.717, 1.165) is 11.6 Å². The van der Waals surface area contributed by atoms with Gasteiger partial charge in [0.1, 0.15) is 5.82 Å². The number of carboxylic acids is 1. The van der Waals surface area contributed by atoms with Crippen molar-refractivity contribution in [3.8, 4) is 0 Å². The van der Waals surface area contributed by atoms with Crippen molar-refractivity contribution in [3.63, 3.8) is 0 Å². The number of benzene rings is 2. The normalized spacial score (nSPS) is 10.2. The predicted molar refractivity (Wildman–Crippen MR) is 78.7 cm³/mol. The van der Waals surface area contributed by atoms with Crippen molar-refractivity contribution in [2.75, 3.05) is 0 Å². The number of carboxylic acid groups (broad SMARTS) is 1. The van der Waals surface area contributed by atoms with Crippen molar-refractivity contribution in [3.05, 3.63) is 69.4 Å². The lowest BCUT2D eigenvalue weighted by Gasteiger charge is -2.06. The monoisotopic (exact) mass is 351 g/mol. The van der Waals surface area contributed by atoms with Crippen LogP contribution in [-0.2, 0) is 6.54 Å². The van der Waals surface area contributed by atoms with Crippen molar-refractivity contribution < 1.29 is 19.1 Å². The molecule has 0 saturated heterocycles. The molecule has 0 spiro atoms. The molecule has 0 radical (unpaired) electrons. The van der Waals surface area contributed by atoms with E-state index in [9.17, 15) is 14.0 Å². The van der Waals surface area contributed by atoms with E-state index in [2.05, 4.69) is 21.2 Å². The molecule has 0 heterocycles. The molecule has 4 nitrogen and oxygen atoms in total. The van der Waals surface area contributed by atoms with Crippen molar-refractivity contribution in [1.82, 2.24) is 5.32 Å². The average molecular weight is 352 g/mol. The Kier molecular flexibility index (Phi) is 4.70. The molecular formula is C15H11BrFNO3. The van der Waals surface area contributed by atoms with Crippen LogP contribution in [0.25, 0.3) is 0 Å². The number of nitrogens with one attached hydrogen (secondary N) is 1. The third kappa shape index (κ3) is 3.88. The van der Waals surface area contributed by atoms with Crippen LogP contribution in [0, 0.1) is 5.82 Å². The summed E-state index contributed by atoms with van der Waals surface area (Å²) in [5.41, 5.74) is 1.16.